The van der Waals surface area contributed by atoms with E-state index in [9.17, 15) is 18.4 Å². The first-order valence-electron chi connectivity index (χ1n) is 9.21. The average Bonchev–Trinajstić information content (AvgIpc) is 3.02. The first-order valence-corrected chi connectivity index (χ1v) is 9.21. The summed E-state index contributed by atoms with van der Waals surface area (Å²) in [5.74, 6) is -2.48. The maximum atomic E-state index is 13.3. The molecule has 0 aliphatic carbocycles. The summed E-state index contributed by atoms with van der Waals surface area (Å²) in [6, 6.07) is 1.60. The highest BCUT2D eigenvalue weighted by Crippen LogP contribution is 2.29. The van der Waals surface area contributed by atoms with Crippen molar-refractivity contribution in [2.24, 2.45) is 5.92 Å². The number of carbonyl (C=O) groups is 2. The highest BCUT2D eigenvalue weighted by molar-refractivity contribution is 5.78. The Kier molecular flexibility index (Phi) is 5.29. The SMILES string of the molecule is CC(C)CC(=O)N1Cc2ccnn2[C@@H](CC(=O)N2CCC(F)(F)CC2)C1. The van der Waals surface area contributed by atoms with Gasteiger partial charge >= 0.3 is 0 Å². The molecule has 26 heavy (non-hydrogen) atoms. The maximum absolute atomic E-state index is 13.3. The van der Waals surface area contributed by atoms with Gasteiger partial charge in [0.05, 0.1) is 24.7 Å². The van der Waals surface area contributed by atoms with Gasteiger partial charge in [0.2, 0.25) is 11.8 Å². The molecule has 1 atom stereocenters. The minimum Gasteiger partial charge on any atom is -0.342 e. The van der Waals surface area contributed by atoms with Gasteiger partial charge in [0.1, 0.15) is 0 Å². The van der Waals surface area contributed by atoms with Crippen molar-refractivity contribution in [3.63, 3.8) is 0 Å². The van der Waals surface area contributed by atoms with Crippen LogP contribution < -0.4 is 0 Å². The van der Waals surface area contributed by atoms with Crippen molar-refractivity contribution in [1.82, 2.24) is 19.6 Å². The fourth-order valence-corrected chi connectivity index (χ4v) is 3.62. The van der Waals surface area contributed by atoms with Crippen LogP contribution in [0.1, 0.15) is 51.3 Å². The molecule has 1 saturated heterocycles. The number of alkyl halides is 2. The van der Waals surface area contributed by atoms with E-state index in [1.54, 1.807) is 15.8 Å². The van der Waals surface area contributed by atoms with Crippen molar-refractivity contribution in [1.29, 1.82) is 0 Å². The van der Waals surface area contributed by atoms with Crippen molar-refractivity contribution < 1.29 is 18.4 Å². The van der Waals surface area contributed by atoms with Crippen LogP contribution in [0.4, 0.5) is 8.78 Å². The van der Waals surface area contributed by atoms with E-state index < -0.39 is 5.92 Å². The fourth-order valence-electron chi connectivity index (χ4n) is 3.62. The molecule has 1 fully saturated rings. The standard InChI is InChI=1S/C18H26F2N4O2/c1-13(2)9-16(25)23-11-14-3-6-21-24(14)15(12-23)10-17(26)22-7-4-18(19,20)5-8-22/h3,6,13,15H,4-5,7-12H2,1-2H3/t15-/m0/s1. The molecule has 0 aromatic carbocycles. The molecule has 3 rings (SSSR count). The largest absolute Gasteiger partial charge is 0.342 e. The Bertz CT molecular complexity index is 664. The number of hydrogen-bond acceptors (Lipinski definition) is 3. The lowest BCUT2D eigenvalue weighted by molar-refractivity contribution is -0.140. The van der Waals surface area contributed by atoms with Gasteiger partial charge in [0.25, 0.3) is 5.92 Å². The summed E-state index contributed by atoms with van der Waals surface area (Å²) in [6.07, 6.45) is 1.75. The minimum atomic E-state index is -2.67. The Morgan fingerprint density at radius 3 is 2.58 bits per heavy atom. The monoisotopic (exact) mass is 368 g/mol. The van der Waals surface area contributed by atoms with E-state index in [0.29, 0.717) is 19.5 Å². The number of nitrogens with zero attached hydrogens (tertiary/aromatic N) is 4. The molecule has 2 aliphatic heterocycles. The van der Waals surface area contributed by atoms with Crippen LogP contribution in [0.5, 0.6) is 0 Å². The summed E-state index contributed by atoms with van der Waals surface area (Å²) in [5, 5.41) is 4.30. The number of fused-ring (bicyclic) bond motifs is 1. The molecular formula is C18H26F2N4O2. The molecule has 6 nitrogen and oxygen atoms in total. The molecule has 0 unspecified atom stereocenters. The van der Waals surface area contributed by atoms with Crippen molar-refractivity contribution >= 4 is 11.8 Å². The van der Waals surface area contributed by atoms with Crippen LogP contribution in [-0.4, -0.2) is 57.0 Å². The van der Waals surface area contributed by atoms with Gasteiger partial charge in [-0.15, -0.1) is 0 Å². The molecule has 0 spiro atoms. The predicted octanol–water partition coefficient (Wildman–Crippen LogP) is 2.46. The first kappa shape index (κ1) is 18.8. The average molecular weight is 368 g/mol. The number of piperidine rings is 1. The number of hydrogen-bond donors (Lipinski definition) is 0. The number of halogens is 2. The zero-order chi connectivity index (χ0) is 18.9. The van der Waals surface area contributed by atoms with Crippen molar-refractivity contribution in [3.8, 4) is 0 Å². The Hall–Kier alpha value is -1.99. The van der Waals surface area contributed by atoms with Crippen LogP contribution in [0.25, 0.3) is 0 Å². The zero-order valence-electron chi connectivity index (χ0n) is 15.3. The molecule has 144 valence electrons. The van der Waals surface area contributed by atoms with Crippen LogP contribution in [0.2, 0.25) is 0 Å². The van der Waals surface area contributed by atoms with Gasteiger partial charge < -0.3 is 9.80 Å². The molecule has 0 N–H and O–H groups in total. The second-order valence-corrected chi connectivity index (χ2v) is 7.73. The summed E-state index contributed by atoms with van der Waals surface area (Å²) >= 11 is 0. The Morgan fingerprint density at radius 1 is 1.23 bits per heavy atom. The van der Waals surface area contributed by atoms with Crippen molar-refractivity contribution in [2.45, 2.75) is 58.0 Å². The molecule has 1 aromatic heterocycles. The predicted molar refractivity (Wildman–Crippen MR) is 91.5 cm³/mol. The van der Waals surface area contributed by atoms with Gasteiger partial charge in [-0.3, -0.25) is 14.3 Å². The molecule has 2 amide bonds. The van der Waals surface area contributed by atoms with E-state index in [4.69, 9.17) is 0 Å². The van der Waals surface area contributed by atoms with E-state index in [-0.39, 0.29) is 56.1 Å². The van der Waals surface area contributed by atoms with Crippen molar-refractivity contribution in [3.05, 3.63) is 18.0 Å². The van der Waals surface area contributed by atoms with E-state index in [0.717, 1.165) is 5.69 Å². The van der Waals surface area contributed by atoms with Crippen molar-refractivity contribution in [2.75, 3.05) is 19.6 Å². The van der Waals surface area contributed by atoms with Crippen LogP contribution in [-0.2, 0) is 16.1 Å². The number of likely N-dealkylation sites (tertiary alicyclic amines) is 1. The van der Waals surface area contributed by atoms with E-state index in [2.05, 4.69) is 5.10 Å². The lowest BCUT2D eigenvalue weighted by Crippen LogP contribution is -2.46. The summed E-state index contributed by atoms with van der Waals surface area (Å²) in [6.45, 7) is 5.08. The molecule has 1 aromatic rings. The summed E-state index contributed by atoms with van der Waals surface area (Å²) in [5.41, 5.74) is 0.899. The second kappa shape index (κ2) is 7.32. The Morgan fingerprint density at radius 2 is 1.92 bits per heavy atom. The minimum absolute atomic E-state index is 0.0718. The summed E-state index contributed by atoms with van der Waals surface area (Å²) in [7, 11) is 0. The topological polar surface area (TPSA) is 58.4 Å². The van der Waals surface area contributed by atoms with E-state index >= 15 is 0 Å². The highest BCUT2D eigenvalue weighted by atomic mass is 19.3. The number of carbonyl (C=O) groups excluding carboxylic acids is 2. The fraction of sp³-hybridized carbons (Fsp3) is 0.722. The second-order valence-electron chi connectivity index (χ2n) is 7.73. The van der Waals surface area contributed by atoms with Crippen LogP contribution in [0.3, 0.4) is 0 Å². The molecule has 2 aliphatic rings. The van der Waals surface area contributed by atoms with E-state index in [1.165, 1.54) is 4.90 Å². The molecule has 0 saturated carbocycles. The van der Waals surface area contributed by atoms with Gasteiger partial charge in [-0.2, -0.15) is 5.10 Å². The molecule has 0 radical (unpaired) electrons. The highest BCUT2D eigenvalue weighted by Gasteiger charge is 2.37. The molecule has 8 heteroatoms. The third-order valence-corrected chi connectivity index (χ3v) is 5.08. The third kappa shape index (κ3) is 4.22. The molecule has 0 bridgehead atoms. The van der Waals surface area contributed by atoms with Crippen LogP contribution in [0.15, 0.2) is 12.3 Å². The lowest BCUT2D eigenvalue weighted by Gasteiger charge is -2.36. The quantitative estimate of drug-likeness (QED) is 0.820. The lowest BCUT2D eigenvalue weighted by atomic mass is 10.0. The summed E-state index contributed by atoms with van der Waals surface area (Å²) in [4.78, 5) is 28.3. The van der Waals surface area contributed by atoms with Gasteiger partial charge in [-0.05, 0) is 12.0 Å². The number of amides is 2. The van der Waals surface area contributed by atoms with E-state index in [1.807, 2.05) is 19.9 Å². The Balaban J connectivity index is 1.66. The normalized spacial score (nSPS) is 22.4. The smallest absolute Gasteiger partial charge is 0.251 e. The van der Waals surface area contributed by atoms with Gasteiger partial charge in [0, 0.05) is 45.1 Å². The molecule has 3 heterocycles. The number of aromatic nitrogens is 2. The van der Waals surface area contributed by atoms with Gasteiger partial charge in [0.15, 0.2) is 0 Å². The maximum Gasteiger partial charge on any atom is 0.251 e. The third-order valence-electron chi connectivity index (χ3n) is 5.08. The summed E-state index contributed by atoms with van der Waals surface area (Å²) < 4.78 is 28.4. The Labute approximate surface area is 152 Å². The number of rotatable bonds is 4. The molecular weight excluding hydrogens is 342 g/mol. The first-order chi connectivity index (χ1) is 12.2. The van der Waals surface area contributed by atoms with Gasteiger partial charge in [-0.25, -0.2) is 8.78 Å². The van der Waals surface area contributed by atoms with Gasteiger partial charge in [-0.1, -0.05) is 13.8 Å². The van der Waals surface area contributed by atoms with Crippen LogP contribution >= 0.6 is 0 Å². The zero-order valence-corrected chi connectivity index (χ0v) is 15.3. The van der Waals surface area contributed by atoms with Crippen LogP contribution in [0, 0.1) is 5.92 Å².